The molecule has 0 saturated heterocycles. The Bertz CT molecular complexity index is 741. The molecule has 0 radical (unpaired) electrons. The first-order chi connectivity index (χ1) is 11.6. The average molecular weight is 325 g/mol. The lowest BCUT2D eigenvalue weighted by molar-refractivity contribution is -0.126. The van der Waals surface area contributed by atoms with Gasteiger partial charge in [-0.15, -0.1) is 0 Å². The number of unbranched alkanes of at least 4 members (excludes halogenated alkanes) is 1. The van der Waals surface area contributed by atoms with Gasteiger partial charge >= 0.3 is 0 Å². The molecule has 3 rings (SSSR count). The number of hydrogen-bond donors (Lipinski definition) is 1. The Kier molecular flexibility index (Phi) is 4.74. The van der Waals surface area contributed by atoms with Crippen LogP contribution >= 0.6 is 0 Å². The van der Waals surface area contributed by atoms with Gasteiger partial charge in [-0.05, 0) is 31.0 Å². The summed E-state index contributed by atoms with van der Waals surface area (Å²) in [4.78, 5) is 14.7. The number of anilines is 1. The molecule has 2 aromatic rings. The fourth-order valence-electron chi connectivity index (χ4n) is 3.05. The van der Waals surface area contributed by atoms with Crippen molar-refractivity contribution in [2.45, 2.75) is 39.2 Å². The standard InChI is InChI=1S/C20H23NO3/c1-3-4-10-21-17-9-8-16(22)13-18(17)24-19(20(21)23)12-15-7-5-6-14(2)11-15/h5-9,11,13,19,22H,3-4,10,12H2,1-2H3. The minimum Gasteiger partial charge on any atom is -0.508 e. The van der Waals surface area contributed by atoms with Crippen molar-refractivity contribution >= 4 is 11.6 Å². The summed E-state index contributed by atoms with van der Waals surface area (Å²) >= 11 is 0. The van der Waals surface area contributed by atoms with Crippen molar-refractivity contribution in [3.8, 4) is 11.5 Å². The maximum Gasteiger partial charge on any atom is 0.268 e. The Morgan fingerprint density at radius 1 is 1.21 bits per heavy atom. The molecule has 0 bridgehead atoms. The van der Waals surface area contributed by atoms with E-state index in [4.69, 9.17) is 4.74 Å². The molecular weight excluding hydrogens is 302 g/mol. The number of carbonyl (C=O) groups is 1. The Balaban J connectivity index is 1.89. The molecule has 1 heterocycles. The van der Waals surface area contributed by atoms with Crippen LogP contribution in [0.4, 0.5) is 5.69 Å². The Morgan fingerprint density at radius 2 is 2.04 bits per heavy atom. The summed E-state index contributed by atoms with van der Waals surface area (Å²) in [5.41, 5.74) is 2.98. The molecule has 0 fully saturated rings. The lowest BCUT2D eigenvalue weighted by Gasteiger charge is -2.34. The highest BCUT2D eigenvalue weighted by Crippen LogP contribution is 2.37. The van der Waals surface area contributed by atoms with Gasteiger partial charge < -0.3 is 14.7 Å². The van der Waals surface area contributed by atoms with Gasteiger partial charge in [0.25, 0.3) is 5.91 Å². The number of amides is 1. The van der Waals surface area contributed by atoms with E-state index in [1.54, 1.807) is 23.1 Å². The Hall–Kier alpha value is -2.49. The van der Waals surface area contributed by atoms with Crippen molar-refractivity contribution < 1.29 is 14.6 Å². The molecule has 0 saturated carbocycles. The van der Waals surface area contributed by atoms with E-state index in [0.717, 1.165) is 29.7 Å². The lowest BCUT2D eigenvalue weighted by atomic mass is 10.0. The summed E-state index contributed by atoms with van der Waals surface area (Å²) in [7, 11) is 0. The summed E-state index contributed by atoms with van der Waals surface area (Å²) in [6, 6.07) is 13.0. The van der Waals surface area contributed by atoms with Gasteiger partial charge in [0.2, 0.25) is 0 Å². The van der Waals surface area contributed by atoms with E-state index in [1.807, 2.05) is 25.1 Å². The van der Waals surface area contributed by atoms with Crippen LogP contribution < -0.4 is 9.64 Å². The summed E-state index contributed by atoms with van der Waals surface area (Å²) < 4.78 is 5.93. The monoisotopic (exact) mass is 325 g/mol. The van der Waals surface area contributed by atoms with Crippen LogP contribution in [0.5, 0.6) is 11.5 Å². The SMILES string of the molecule is CCCCN1C(=O)C(Cc2cccc(C)c2)Oc2cc(O)ccc21. The van der Waals surface area contributed by atoms with Crippen LogP contribution in [0.1, 0.15) is 30.9 Å². The molecule has 4 heteroatoms. The summed E-state index contributed by atoms with van der Waals surface area (Å²) in [6.45, 7) is 4.81. The zero-order chi connectivity index (χ0) is 17.1. The van der Waals surface area contributed by atoms with Crippen molar-refractivity contribution in [2.24, 2.45) is 0 Å². The molecule has 1 amide bonds. The van der Waals surface area contributed by atoms with Crippen LogP contribution in [-0.4, -0.2) is 23.7 Å². The first kappa shape index (κ1) is 16.4. The van der Waals surface area contributed by atoms with Crippen LogP contribution in [0.2, 0.25) is 0 Å². The highest BCUT2D eigenvalue weighted by atomic mass is 16.5. The van der Waals surface area contributed by atoms with Gasteiger partial charge in [-0.2, -0.15) is 0 Å². The number of fused-ring (bicyclic) bond motifs is 1. The van der Waals surface area contributed by atoms with Crippen LogP contribution in [0.25, 0.3) is 0 Å². The molecule has 4 nitrogen and oxygen atoms in total. The van der Waals surface area contributed by atoms with Gasteiger partial charge in [-0.1, -0.05) is 43.2 Å². The fraction of sp³-hybridized carbons (Fsp3) is 0.350. The topological polar surface area (TPSA) is 49.8 Å². The molecule has 1 aliphatic heterocycles. The molecule has 0 aromatic heterocycles. The first-order valence-electron chi connectivity index (χ1n) is 8.45. The van der Waals surface area contributed by atoms with Crippen molar-refractivity contribution in [1.82, 2.24) is 0 Å². The Labute approximate surface area is 142 Å². The quantitative estimate of drug-likeness (QED) is 0.909. The zero-order valence-corrected chi connectivity index (χ0v) is 14.2. The third-order valence-corrected chi connectivity index (χ3v) is 4.28. The third kappa shape index (κ3) is 3.37. The highest BCUT2D eigenvalue weighted by Gasteiger charge is 2.34. The number of nitrogens with zero attached hydrogens (tertiary/aromatic N) is 1. The minimum atomic E-state index is -0.557. The van der Waals surface area contributed by atoms with E-state index in [1.165, 1.54) is 0 Å². The molecule has 0 aliphatic carbocycles. The van der Waals surface area contributed by atoms with Crippen molar-refractivity contribution in [2.75, 3.05) is 11.4 Å². The second-order valence-corrected chi connectivity index (χ2v) is 6.30. The number of hydrogen-bond acceptors (Lipinski definition) is 3. The third-order valence-electron chi connectivity index (χ3n) is 4.28. The highest BCUT2D eigenvalue weighted by molar-refractivity contribution is 6.00. The number of phenolic OH excluding ortho intramolecular Hbond substituents is 1. The lowest BCUT2D eigenvalue weighted by Crippen LogP contribution is -2.47. The smallest absolute Gasteiger partial charge is 0.268 e. The zero-order valence-electron chi connectivity index (χ0n) is 14.2. The molecule has 1 atom stereocenters. The summed E-state index contributed by atoms with van der Waals surface area (Å²) in [5.74, 6) is 0.708. The summed E-state index contributed by atoms with van der Waals surface area (Å²) in [5, 5.41) is 9.75. The summed E-state index contributed by atoms with van der Waals surface area (Å²) in [6.07, 6.45) is 1.92. The largest absolute Gasteiger partial charge is 0.508 e. The number of ether oxygens (including phenoxy) is 1. The van der Waals surface area contributed by atoms with Gasteiger partial charge in [0, 0.05) is 19.0 Å². The van der Waals surface area contributed by atoms with Crippen molar-refractivity contribution in [3.63, 3.8) is 0 Å². The minimum absolute atomic E-state index is 0.0110. The predicted octanol–water partition coefficient (Wildman–Crippen LogP) is 3.84. The number of benzene rings is 2. The van der Waals surface area contributed by atoms with Gasteiger partial charge in [-0.25, -0.2) is 0 Å². The second kappa shape index (κ2) is 6.95. The van der Waals surface area contributed by atoms with Crippen molar-refractivity contribution in [1.29, 1.82) is 0 Å². The molecule has 2 aromatic carbocycles. The predicted molar refractivity (Wildman–Crippen MR) is 94.7 cm³/mol. The molecule has 1 unspecified atom stereocenters. The maximum absolute atomic E-state index is 12.9. The van der Waals surface area contributed by atoms with Gasteiger partial charge in [0.15, 0.2) is 6.10 Å². The van der Waals surface area contributed by atoms with Gasteiger partial charge in [-0.3, -0.25) is 4.79 Å². The van der Waals surface area contributed by atoms with E-state index < -0.39 is 6.10 Å². The van der Waals surface area contributed by atoms with Gasteiger partial charge in [0.1, 0.15) is 11.5 Å². The van der Waals surface area contributed by atoms with Crippen LogP contribution in [0.3, 0.4) is 0 Å². The van der Waals surface area contributed by atoms with Crippen molar-refractivity contribution in [3.05, 3.63) is 53.6 Å². The number of aryl methyl sites for hydroxylation is 1. The number of phenols is 1. The number of carbonyl (C=O) groups excluding carboxylic acids is 1. The molecule has 126 valence electrons. The average Bonchev–Trinajstić information content (AvgIpc) is 2.55. The maximum atomic E-state index is 12.9. The molecule has 0 spiro atoms. The normalized spacial score (nSPS) is 16.7. The van der Waals surface area contributed by atoms with Gasteiger partial charge in [0.05, 0.1) is 5.69 Å². The first-order valence-corrected chi connectivity index (χ1v) is 8.45. The van der Waals surface area contributed by atoms with E-state index in [0.29, 0.717) is 18.7 Å². The van der Waals surface area contributed by atoms with E-state index in [-0.39, 0.29) is 11.7 Å². The van der Waals surface area contributed by atoms with E-state index in [9.17, 15) is 9.90 Å². The molecule has 1 aliphatic rings. The molecular formula is C20H23NO3. The number of rotatable bonds is 5. The second-order valence-electron chi connectivity index (χ2n) is 6.30. The van der Waals surface area contributed by atoms with Crippen LogP contribution in [0, 0.1) is 6.92 Å². The molecule has 1 N–H and O–H groups in total. The Morgan fingerprint density at radius 3 is 2.79 bits per heavy atom. The van der Waals surface area contributed by atoms with Crippen LogP contribution in [-0.2, 0) is 11.2 Å². The fourth-order valence-corrected chi connectivity index (χ4v) is 3.05. The molecule has 24 heavy (non-hydrogen) atoms. The number of aromatic hydroxyl groups is 1. The van der Waals surface area contributed by atoms with Crippen LogP contribution in [0.15, 0.2) is 42.5 Å². The van der Waals surface area contributed by atoms with E-state index in [2.05, 4.69) is 13.0 Å². The van der Waals surface area contributed by atoms with E-state index >= 15 is 0 Å².